The number of primary amides is 1. The highest BCUT2D eigenvalue weighted by molar-refractivity contribution is 5.95. The number of aliphatic carboxylic acids is 2. The second-order valence-electron chi connectivity index (χ2n) is 7.68. The number of hydrogen-bond donors (Lipinski definition) is 9. The van der Waals surface area contributed by atoms with Gasteiger partial charge < -0.3 is 48.5 Å². The topological polar surface area (TPSA) is 277 Å². The molecule has 15 nitrogen and oxygen atoms in total. The van der Waals surface area contributed by atoms with E-state index >= 15 is 0 Å². The first-order valence-corrected chi connectivity index (χ1v) is 10.6. The fourth-order valence-electron chi connectivity index (χ4n) is 2.77. The van der Waals surface area contributed by atoms with Crippen molar-refractivity contribution in [1.82, 2.24) is 16.0 Å². The molecule has 12 N–H and O–H groups in total. The monoisotopic (exact) mass is 490 g/mol. The molecule has 0 radical (unpaired) electrons. The molecule has 0 bridgehead atoms. The number of nitrogens with two attached hydrogens (primary N) is 3. The largest absolute Gasteiger partial charge is 0.481 e. The summed E-state index contributed by atoms with van der Waals surface area (Å²) in [6.45, 7) is 1.49. The van der Waals surface area contributed by atoms with E-state index in [9.17, 15) is 39.0 Å². The van der Waals surface area contributed by atoms with Gasteiger partial charge in [0.15, 0.2) is 0 Å². The summed E-state index contributed by atoms with van der Waals surface area (Å²) < 4.78 is 0. The molecular formula is C19H34N6O9. The summed E-state index contributed by atoms with van der Waals surface area (Å²) in [5, 5.41) is 34.5. The van der Waals surface area contributed by atoms with E-state index in [1.54, 1.807) is 0 Å². The van der Waals surface area contributed by atoms with Crippen LogP contribution in [0.4, 0.5) is 0 Å². The summed E-state index contributed by atoms with van der Waals surface area (Å²) in [6, 6.07) is -5.72. The van der Waals surface area contributed by atoms with Gasteiger partial charge in [0.2, 0.25) is 23.6 Å². The van der Waals surface area contributed by atoms with Crippen LogP contribution in [0, 0.1) is 0 Å². The normalized spacial score (nSPS) is 15.2. The average molecular weight is 491 g/mol. The Hall–Kier alpha value is -3.30. The molecule has 0 aromatic heterocycles. The molecule has 0 rings (SSSR count). The lowest BCUT2D eigenvalue weighted by molar-refractivity contribution is -0.144. The van der Waals surface area contributed by atoms with Crippen molar-refractivity contribution < 1.29 is 44.1 Å². The smallest absolute Gasteiger partial charge is 0.326 e. The van der Waals surface area contributed by atoms with Crippen molar-refractivity contribution in [2.24, 2.45) is 17.2 Å². The van der Waals surface area contributed by atoms with E-state index in [1.165, 1.54) is 6.92 Å². The highest BCUT2D eigenvalue weighted by Crippen LogP contribution is 2.05. The number of carboxylic acid groups (broad SMARTS) is 2. The number of carbonyl (C=O) groups excluding carboxylic acids is 4. The zero-order valence-corrected chi connectivity index (χ0v) is 18.9. The third-order valence-electron chi connectivity index (χ3n) is 4.67. The minimum atomic E-state index is -1.63. The van der Waals surface area contributed by atoms with Crippen molar-refractivity contribution in [2.45, 2.75) is 75.7 Å². The van der Waals surface area contributed by atoms with Gasteiger partial charge >= 0.3 is 11.9 Å². The third-order valence-corrected chi connectivity index (χ3v) is 4.67. The highest BCUT2D eigenvalue weighted by Gasteiger charge is 2.32. The Morgan fingerprint density at radius 2 is 1.44 bits per heavy atom. The van der Waals surface area contributed by atoms with Gasteiger partial charge in [-0.05, 0) is 39.2 Å². The predicted octanol–water partition coefficient (Wildman–Crippen LogP) is -3.90. The molecule has 194 valence electrons. The standard InChI is InChI=1S/C19H34N6O9/c1-9(26)15(25-16(30)10(21)5-6-14(28)29)18(32)23-11(4-2-3-7-20)17(31)24-12(19(33)34)8-13(22)27/h9-12,15,26H,2-8,20-21H2,1H3,(H2,22,27)(H,23,32)(H,24,31)(H,25,30)(H,28,29)(H,33,34). The molecule has 0 heterocycles. The minimum absolute atomic E-state index is 0.0380. The van der Waals surface area contributed by atoms with Crippen molar-refractivity contribution in [3.63, 3.8) is 0 Å². The number of rotatable bonds is 17. The first kappa shape index (κ1) is 30.7. The molecule has 0 fully saturated rings. The van der Waals surface area contributed by atoms with E-state index in [-0.39, 0.29) is 19.3 Å². The van der Waals surface area contributed by atoms with E-state index < -0.39 is 72.3 Å². The number of unbranched alkanes of at least 4 members (excludes halogenated alkanes) is 1. The summed E-state index contributed by atoms with van der Waals surface area (Å²) in [5.41, 5.74) is 16.0. The van der Waals surface area contributed by atoms with Crippen LogP contribution in [0.2, 0.25) is 0 Å². The maximum atomic E-state index is 12.7. The van der Waals surface area contributed by atoms with Crippen LogP contribution in [0.3, 0.4) is 0 Å². The predicted molar refractivity (Wildman–Crippen MR) is 117 cm³/mol. The van der Waals surface area contributed by atoms with Gasteiger partial charge in [-0.25, -0.2) is 4.79 Å². The summed E-state index contributed by atoms with van der Waals surface area (Å²) in [5.74, 6) is -6.43. The molecule has 0 spiro atoms. The fourth-order valence-corrected chi connectivity index (χ4v) is 2.77. The van der Waals surface area contributed by atoms with Gasteiger partial charge in [-0.15, -0.1) is 0 Å². The zero-order valence-electron chi connectivity index (χ0n) is 18.9. The van der Waals surface area contributed by atoms with Gasteiger partial charge in [-0.2, -0.15) is 0 Å². The number of aliphatic hydroxyl groups is 1. The maximum Gasteiger partial charge on any atom is 0.326 e. The van der Waals surface area contributed by atoms with Crippen LogP contribution in [0.15, 0.2) is 0 Å². The molecule has 0 saturated heterocycles. The first-order valence-electron chi connectivity index (χ1n) is 10.6. The average Bonchev–Trinajstić information content (AvgIpc) is 2.73. The van der Waals surface area contributed by atoms with E-state index in [1.807, 2.05) is 0 Å². The molecular weight excluding hydrogens is 456 g/mol. The Labute approximate surface area is 195 Å². The minimum Gasteiger partial charge on any atom is -0.481 e. The first-order chi connectivity index (χ1) is 15.8. The van der Waals surface area contributed by atoms with E-state index in [0.29, 0.717) is 19.4 Å². The Morgan fingerprint density at radius 3 is 1.91 bits per heavy atom. The molecule has 15 heteroatoms. The van der Waals surface area contributed by atoms with Crippen molar-refractivity contribution in [2.75, 3.05) is 6.54 Å². The third kappa shape index (κ3) is 12.1. The Bertz CT molecular complexity index is 746. The SMILES string of the molecule is CC(O)C(NC(=O)C(N)CCC(=O)O)C(=O)NC(CCCCN)C(=O)NC(CC(N)=O)C(=O)O. The Morgan fingerprint density at radius 1 is 0.853 bits per heavy atom. The van der Waals surface area contributed by atoms with Crippen LogP contribution in [0.25, 0.3) is 0 Å². The maximum absolute atomic E-state index is 12.7. The summed E-state index contributed by atoms with van der Waals surface area (Å²) >= 11 is 0. The quantitative estimate of drug-likeness (QED) is 0.0888. The van der Waals surface area contributed by atoms with Crippen LogP contribution in [0.5, 0.6) is 0 Å². The number of nitrogens with one attached hydrogen (secondary N) is 3. The van der Waals surface area contributed by atoms with Crippen LogP contribution in [0.1, 0.15) is 45.4 Å². The van der Waals surface area contributed by atoms with E-state index in [2.05, 4.69) is 16.0 Å². The zero-order chi connectivity index (χ0) is 26.4. The Balaban J connectivity index is 5.43. The van der Waals surface area contributed by atoms with Crippen LogP contribution >= 0.6 is 0 Å². The molecule has 0 aromatic carbocycles. The van der Waals surface area contributed by atoms with Gasteiger partial charge in [0.25, 0.3) is 0 Å². The number of hydrogen-bond acceptors (Lipinski definition) is 9. The lowest BCUT2D eigenvalue weighted by atomic mass is 10.0. The lowest BCUT2D eigenvalue weighted by Gasteiger charge is -2.26. The molecule has 5 atom stereocenters. The van der Waals surface area contributed by atoms with Gasteiger partial charge in [0, 0.05) is 6.42 Å². The number of amides is 4. The highest BCUT2D eigenvalue weighted by atomic mass is 16.4. The van der Waals surface area contributed by atoms with Crippen LogP contribution in [-0.2, 0) is 28.8 Å². The van der Waals surface area contributed by atoms with Crippen molar-refractivity contribution >= 4 is 35.6 Å². The fraction of sp³-hybridized carbons (Fsp3) is 0.684. The number of carbonyl (C=O) groups is 6. The van der Waals surface area contributed by atoms with Crippen molar-refractivity contribution in [1.29, 1.82) is 0 Å². The number of carboxylic acids is 2. The lowest BCUT2D eigenvalue weighted by Crippen LogP contribution is -2.59. The molecule has 4 amide bonds. The molecule has 5 unspecified atom stereocenters. The summed E-state index contributed by atoms with van der Waals surface area (Å²) in [6.07, 6.45) is -1.81. The molecule has 0 saturated carbocycles. The van der Waals surface area contributed by atoms with Crippen LogP contribution in [-0.4, -0.2) is 87.7 Å². The van der Waals surface area contributed by atoms with E-state index in [4.69, 9.17) is 22.3 Å². The van der Waals surface area contributed by atoms with Gasteiger partial charge in [0.1, 0.15) is 18.1 Å². The Kier molecular flexibility index (Phi) is 14.0. The number of aliphatic hydroxyl groups excluding tert-OH is 1. The molecule has 0 aliphatic carbocycles. The molecule has 0 aliphatic heterocycles. The van der Waals surface area contributed by atoms with Gasteiger partial charge in [-0.3, -0.25) is 24.0 Å². The van der Waals surface area contributed by atoms with Gasteiger partial charge in [-0.1, -0.05) is 0 Å². The second kappa shape index (κ2) is 15.5. The summed E-state index contributed by atoms with van der Waals surface area (Å²) in [4.78, 5) is 70.6. The van der Waals surface area contributed by atoms with E-state index in [0.717, 1.165) is 0 Å². The second-order valence-corrected chi connectivity index (χ2v) is 7.68. The summed E-state index contributed by atoms with van der Waals surface area (Å²) in [7, 11) is 0. The molecule has 0 aliphatic rings. The van der Waals surface area contributed by atoms with Crippen LogP contribution < -0.4 is 33.2 Å². The molecule has 0 aromatic rings. The van der Waals surface area contributed by atoms with Crippen molar-refractivity contribution in [3.05, 3.63) is 0 Å². The van der Waals surface area contributed by atoms with Crippen molar-refractivity contribution in [3.8, 4) is 0 Å². The van der Waals surface area contributed by atoms with Gasteiger partial charge in [0.05, 0.1) is 18.6 Å². The molecule has 34 heavy (non-hydrogen) atoms.